The van der Waals surface area contributed by atoms with Gasteiger partial charge in [-0.15, -0.1) is 0 Å². The molecule has 1 saturated carbocycles. The molecule has 0 unspecified atom stereocenters. The lowest BCUT2D eigenvalue weighted by atomic mass is 9.93. The van der Waals surface area contributed by atoms with Crippen molar-refractivity contribution >= 4 is 22.6 Å². The van der Waals surface area contributed by atoms with Crippen LogP contribution in [0.1, 0.15) is 36.0 Å². The molecule has 1 heterocycles. The summed E-state index contributed by atoms with van der Waals surface area (Å²) in [5.74, 6) is 0.323. The van der Waals surface area contributed by atoms with Crippen molar-refractivity contribution in [3.8, 4) is 0 Å². The number of carbonyl (C=O) groups excluding carboxylic acids is 2. The fourth-order valence-corrected chi connectivity index (χ4v) is 2.89. The Bertz CT molecular complexity index is 686. The molecule has 4 heteroatoms. The van der Waals surface area contributed by atoms with Gasteiger partial charge in [0.05, 0.1) is 5.52 Å². The van der Waals surface area contributed by atoms with E-state index in [4.69, 9.17) is 0 Å². The van der Waals surface area contributed by atoms with E-state index in [0.717, 1.165) is 23.7 Å². The maximum atomic E-state index is 12.6. The number of aromatic nitrogens is 1. The summed E-state index contributed by atoms with van der Waals surface area (Å²) >= 11 is 0. The Labute approximate surface area is 123 Å². The molecule has 1 aromatic carbocycles. The highest BCUT2D eigenvalue weighted by Crippen LogP contribution is 2.22. The van der Waals surface area contributed by atoms with Gasteiger partial charge < -0.3 is 4.90 Å². The summed E-state index contributed by atoms with van der Waals surface area (Å²) in [5.41, 5.74) is 1.56. The molecule has 1 amide bonds. The molecule has 1 aliphatic carbocycles. The smallest absolute Gasteiger partial charge is 0.253 e. The molecule has 0 spiro atoms. The first-order valence-electron chi connectivity index (χ1n) is 7.29. The van der Waals surface area contributed by atoms with Gasteiger partial charge >= 0.3 is 0 Å². The lowest BCUT2D eigenvalue weighted by Crippen LogP contribution is -2.39. The van der Waals surface area contributed by atoms with Crippen LogP contribution in [0.4, 0.5) is 0 Å². The molecule has 1 aromatic heterocycles. The van der Waals surface area contributed by atoms with Crippen LogP contribution >= 0.6 is 0 Å². The quantitative estimate of drug-likeness (QED) is 0.851. The molecular weight excluding hydrogens is 264 g/mol. The minimum absolute atomic E-state index is 0.0140. The van der Waals surface area contributed by atoms with Crippen LogP contribution < -0.4 is 0 Å². The zero-order valence-corrected chi connectivity index (χ0v) is 12.1. The van der Waals surface area contributed by atoms with Crippen molar-refractivity contribution < 1.29 is 9.59 Å². The van der Waals surface area contributed by atoms with Crippen LogP contribution in [0.5, 0.6) is 0 Å². The topological polar surface area (TPSA) is 50.3 Å². The molecule has 4 nitrogen and oxygen atoms in total. The van der Waals surface area contributed by atoms with E-state index >= 15 is 0 Å². The molecule has 0 aliphatic heterocycles. The second kappa shape index (κ2) is 5.64. The van der Waals surface area contributed by atoms with Gasteiger partial charge in [-0.1, -0.05) is 6.07 Å². The number of benzene rings is 1. The zero-order valence-electron chi connectivity index (χ0n) is 12.1. The number of nitrogens with zero attached hydrogens (tertiary/aromatic N) is 2. The molecule has 2 aromatic rings. The lowest BCUT2D eigenvalue weighted by Gasteiger charge is -2.30. The maximum Gasteiger partial charge on any atom is 0.253 e. The number of ketones is 1. The third kappa shape index (κ3) is 2.79. The number of carbonyl (C=O) groups is 2. The number of Topliss-reactive ketones (excluding diaryl/α,β-unsaturated/α-hetero) is 1. The predicted molar refractivity (Wildman–Crippen MR) is 81.1 cm³/mol. The Balaban J connectivity index is 1.80. The van der Waals surface area contributed by atoms with Crippen LogP contribution in [-0.2, 0) is 4.79 Å². The minimum Gasteiger partial charge on any atom is -0.339 e. The van der Waals surface area contributed by atoms with Crippen LogP contribution in [0.15, 0.2) is 36.5 Å². The normalized spacial score (nSPS) is 16.1. The van der Waals surface area contributed by atoms with Crippen molar-refractivity contribution in [3.05, 3.63) is 42.1 Å². The van der Waals surface area contributed by atoms with E-state index in [0.29, 0.717) is 24.2 Å². The summed E-state index contributed by atoms with van der Waals surface area (Å²) < 4.78 is 0. The van der Waals surface area contributed by atoms with E-state index in [1.165, 1.54) is 0 Å². The van der Waals surface area contributed by atoms with Crippen LogP contribution in [0, 0.1) is 0 Å². The van der Waals surface area contributed by atoms with Crippen LogP contribution in [0.3, 0.4) is 0 Å². The molecule has 21 heavy (non-hydrogen) atoms. The third-order valence-electron chi connectivity index (χ3n) is 4.23. The number of pyridine rings is 1. The minimum atomic E-state index is 0.0140. The molecule has 0 saturated heterocycles. The van der Waals surface area contributed by atoms with E-state index < -0.39 is 0 Å². The van der Waals surface area contributed by atoms with Gasteiger partial charge in [0.25, 0.3) is 5.91 Å². The second-order valence-electron chi connectivity index (χ2n) is 5.60. The fraction of sp³-hybridized carbons (Fsp3) is 0.353. The summed E-state index contributed by atoms with van der Waals surface area (Å²) in [6, 6.07) is 9.57. The maximum absolute atomic E-state index is 12.6. The number of hydrogen-bond acceptors (Lipinski definition) is 3. The predicted octanol–water partition coefficient (Wildman–Crippen LogP) is 2.82. The Morgan fingerprint density at radius 1 is 1.24 bits per heavy atom. The first kappa shape index (κ1) is 13.7. The molecule has 0 bridgehead atoms. The van der Waals surface area contributed by atoms with E-state index in [1.54, 1.807) is 11.1 Å². The monoisotopic (exact) mass is 282 g/mol. The van der Waals surface area contributed by atoms with Crippen molar-refractivity contribution in [2.24, 2.45) is 0 Å². The van der Waals surface area contributed by atoms with Crippen molar-refractivity contribution in [3.63, 3.8) is 0 Å². The first-order chi connectivity index (χ1) is 10.1. The van der Waals surface area contributed by atoms with Gasteiger partial charge in [0.1, 0.15) is 5.78 Å². The summed E-state index contributed by atoms with van der Waals surface area (Å²) in [6.45, 7) is 0. The Morgan fingerprint density at radius 2 is 2.00 bits per heavy atom. The molecule has 0 atom stereocenters. The fourth-order valence-electron chi connectivity index (χ4n) is 2.89. The zero-order chi connectivity index (χ0) is 14.8. The number of fused-ring (bicyclic) bond motifs is 1. The molecule has 0 N–H and O–H groups in total. The van der Waals surface area contributed by atoms with Gasteiger partial charge in [-0.3, -0.25) is 14.6 Å². The average molecular weight is 282 g/mol. The third-order valence-corrected chi connectivity index (χ3v) is 4.23. The van der Waals surface area contributed by atoms with E-state index in [9.17, 15) is 9.59 Å². The SMILES string of the molecule is CN(C(=O)c1ccc2ncccc2c1)C1CCC(=O)CC1. The van der Waals surface area contributed by atoms with Crippen LogP contribution in [0.25, 0.3) is 10.9 Å². The number of amides is 1. The van der Waals surface area contributed by atoms with Crippen LogP contribution in [0.2, 0.25) is 0 Å². The van der Waals surface area contributed by atoms with Gasteiger partial charge in [-0.2, -0.15) is 0 Å². The Hall–Kier alpha value is -2.23. The lowest BCUT2D eigenvalue weighted by molar-refractivity contribution is -0.121. The summed E-state index contributed by atoms with van der Waals surface area (Å²) in [7, 11) is 1.83. The number of hydrogen-bond donors (Lipinski definition) is 0. The average Bonchev–Trinajstić information content (AvgIpc) is 2.54. The van der Waals surface area contributed by atoms with Crippen molar-refractivity contribution in [1.29, 1.82) is 0 Å². The van der Waals surface area contributed by atoms with Gasteiger partial charge in [0, 0.05) is 43.1 Å². The molecule has 3 rings (SSSR count). The molecule has 1 fully saturated rings. The highest BCUT2D eigenvalue weighted by Gasteiger charge is 2.25. The number of rotatable bonds is 2. The molecule has 1 aliphatic rings. The van der Waals surface area contributed by atoms with E-state index in [2.05, 4.69) is 4.98 Å². The van der Waals surface area contributed by atoms with Gasteiger partial charge in [0.15, 0.2) is 0 Å². The second-order valence-corrected chi connectivity index (χ2v) is 5.60. The Kier molecular flexibility index (Phi) is 3.69. The van der Waals surface area contributed by atoms with Crippen molar-refractivity contribution in [2.45, 2.75) is 31.7 Å². The molecule has 108 valence electrons. The summed E-state index contributed by atoms with van der Waals surface area (Å²) in [4.78, 5) is 29.9. The highest BCUT2D eigenvalue weighted by atomic mass is 16.2. The van der Waals surface area contributed by atoms with Crippen molar-refractivity contribution in [2.75, 3.05) is 7.05 Å². The molecular formula is C17H18N2O2. The molecule has 0 radical (unpaired) electrons. The van der Waals surface area contributed by atoms with Crippen molar-refractivity contribution in [1.82, 2.24) is 9.88 Å². The van der Waals surface area contributed by atoms with E-state index in [1.807, 2.05) is 37.4 Å². The largest absolute Gasteiger partial charge is 0.339 e. The standard InChI is InChI=1S/C17H18N2O2/c1-19(14-5-7-15(20)8-6-14)17(21)13-4-9-16-12(11-13)3-2-10-18-16/h2-4,9-11,14H,5-8H2,1H3. The van der Waals surface area contributed by atoms with Gasteiger partial charge in [0.2, 0.25) is 0 Å². The summed E-state index contributed by atoms with van der Waals surface area (Å²) in [6.07, 6.45) is 4.47. The highest BCUT2D eigenvalue weighted by molar-refractivity contribution is 5.98. The van der Waals surface area contributed by atoms with E-state index in [-0.39, 0.29) is 11.9 Å². The Morgan fingerprint density at radius 3 is 2.76 bits per heavy atom. The first-order valence-corrected chi connectivity index (χ1v) is 7.29. The van der Waals surface area contributed by atoms with Crippen LogP contribution in [-0.4, -0.2) is 34.7 Å². The summed E-state index contributed by atoms with van der Waals surface area (Å²) in [5, 5.41) is 0.968. The van der Waals surface area contributed by atoms with Gasteiger partial charge in [-0.05, 0) is 37.1 Å². The van der Waals surface area contributed by atoms with Gasteiger partial charge in [-0.25, -0.2) is 0 Å².